The van der Waals surface area contributed by atoms with E-state index in [2.05, 4.69) is 11.0 Å². The van der Waals surface area contributed by atoms with Crippen LogP contribution in [0.5, 0.6) is 0 Å². The third kappa shape index (κ3) is 3.99. The van der Waals surface area contributed by atoms with Gasteiger partial charge in [-0.15, -0.1) is 0 Å². The van der Waals surface area contributed by atoms with Crippen LogP contribution in [0.1, 0.15) is 11.1 Å². The molecule has 5 nitrogen and oxygen atoms in total. The minimum atomic E-state index is -0.284. The normalized spacial score (nSPS) is 17.8. The van der Waals surface area contributed by atoms with Crippen LogP contribution in [0.15, 0.2) is 54.7 Å². The van der Waals surface area contributed by atoms with Gasteiger partial charge in [0.15, 0.2) is 0 Å². The van der Waals surface area contributed by atoms with E-state index in [0.29, 0.717) is 19.8 Å². The summed E-state index contributed by atoms with van der Waals surface area (Å²) >= 11 is 0. The monoisotopic (exact) mass is 381 g/mol. The van der Waals surface area contributed by atoms with Crippen molar-refractivity contribution < 1.29 is 14.2 Å². The molecule has 1 atom stereocenters. The number of ether oxygens (including phenoxy) is 1. The van der Waals surface area contributed by atoms with Gasteiger partial charge in [-0.2, -0.15) is 5.10 Å². The van der Waals surface area contributed by atoms with E-state index in [0.717, 1.165) is 34.6 Å². The summed E-state index contributed by atoms with van der Waals surface area (Å²) in [5, 5.41) is 14.5. The van der Waals surface area contributed by atoms with Gasteiger partial charge in [-0.25, -0.2) is 9.07 Å². The molecule has 0 amide bonds. The second-order valence-corrected chi connectivity index (χ2v) is 7.18. The molecule has 2 aromatic carbocycles. The number of aryl methyl sites for hydroxylation is 1. The summed E-state index contributed by atoms with van der Waals surface area (Å²) in [5.74, 6) is -0.284. The Morgan fingerprint density at radius 2 is 2.07 bits per heavy atom. The number of hydrogen-bond acceptors (Lipinski definition) is 4. The van der Waals surface area contributed by atoms with Gasteiger partial charge < -0.3 is 9.84 Å². The number of aromatic nitrogens is 2. The van der Waals surface area contributed by atoms with E-state index < -0.39 is 0 Å². The van der Waals surface area contributed by atoms with Crippen molar-refractivity contribution in [2.24, 2.45) is 0 Å². The smallest absolute Gasteiger partial charge is 0.123 e. The van der Waals surface area contributed by atoms with Crippen molar-refractivity contribution in [2.45, 2.75) is 19.5 Å². The van der Waals surface area contributed by atoms with E-state index in [1.54, 1.807) is 6.07 Å². The molecular formula is C22H24FN3O2. The zero-order chi connectivity index (χ0) is 19.5. The number of nitrogens with zero attached hydrogens (tertiary/aromatic N) is 3. The van der Waals surface area contributed by atoms with Crippen molar-refractivity contribution in [3.63, 3.8) is 0 Å². The fraction of sp³-hybridized carbons (Fsp3) is 0.318. The first-order chi connectivity index (χ1) is 13.6. The summed E-state index contributed by atoms with van der Waals surface area (Å²) in [6, 6.07) is 14.6. The van der Waals surface area contributed by atoms with Gasteiger partial charge in [0.05, 0.1) is 37.2 Å². The van der Waals surface area contributed by atoms with Crippen LogP contribution in [0.25, 0.3) is 16.9 Å². The SMILES string of the molecule is Cc1cccc(-n2cc(CN3CCOC[C@@H]3CO)c(-c3cccc(F)c3)n2)c1. The molecule has 28 heavy (non-hydrogen) atoms. The van der Waals surface area contributed by atoms with Crippen molar-refractivity contribution in [1.82, 2.24) is 14.7 Å². The van der Waals surface area contributed by atoms with Crippen LogP contribution in [-0.2, 0) is 11.3 Å². The van der Waals surface area contributed by atoms with Gasteiger partial charge in [-0.05, 0) is 36.8 Å². The summed E-state index contributed by atoms with van der Waals surface area (Å²) < 4.78 is 21.2. The fourth-order valence-corrected chi connectivity index (χ4v) is 3.59. The van der Waals surface area contributed by atoms with Crippen molar-refractivity contribution in [3.8, 4) is 16.9 Å². The molecule has 1 aliphatic rings. The van der Waals surface area contributed by atoms with Gasteiger partial charge in [0.2, 0.25) is 0 Å². The van der Waals surface area contributed by atoms with Crippen LogP contribution in [0.3, 0.4) is 0 Å². The molecule has 0 radical (unpaired) electrons. The Balaban J connectivity index is 1.74. The largest absolute Gasteiger partial charge is 0.395 e. The highest BCUT2D eigenvalue weighted by molar-refractivity contribution is 5.63. The van der Waals surface area contributed by atoms with E-state index in [9.17, 15) is 9.50 Å². The number of hydrogen-bond donors (Lipinski definition) is 1. The van der Waals surface area contributed by atoms with Crippen LogP contribution in [-0.4, -0.2) is 52.2 Å². The molecule has 0 spiro atoms. The predicted octanol–water partition coefficient (Wildman–Crippen LogP) is 3.18. The minimum Gasteiger partial charge on any atom is -0.395 e. The lowest BCUT2D eigenvalue weighted by Crippen LogP contribution is -2.46. The lowest BCUT2D eigenvalue weighted by Gasteiger charge is -2.34. The van der Waals surface area contributed by atoms with Gasteiger partial charge in [-0.1, -0.05) is 24.3 Å². The molecule has 0 aliphatic carbocycles. The Morgan fingerprint density at radius 3 is 2.86 bits per heavy atom. The highest BCUT2D eigenvalue weighted by Gasteiger charge is 2.24. The Bertz CT molecular complexity index is 956. The number of halogens is 1. The highest BCUT2D eigenvalue weighted by atomic mass is 19.1. The van der Waals surface area contributed by atoms with Gasteiger partial charge in [0.1, 0.15) is 5.82 Å². The number of aliphatic hydroxyl groups excluding tert-OH is 1. The standard InChI is InChI=1S/C22H24FN3O2/c1-16-4-2-7-20(10-16)26-13-18(12-25-8-9-28-15-21(25)14-27)22(24-26)17-5-3-6-19(23)11-17/h2-7,10-11,13,21,27H,8-9,12,14-15H2,1H3/t21-/m0/s1. The summed E-state index contributed by atoms with van der Waals surface area (Å²) in [4.78, 5) is 2.20. The molecule has 4 rings (SSSR count). The molecule has 1 aromatic heterocycles. The molecule has 146 valence electrons. The third-order valence-electron chi connectivity index (χ3n) is 5.09. The first kappa shape index (κ1) is 18.8. The Hall–Kier alpha value is -2.54. The minimum absolute atomic E-state index is 0.0430. The molecule has 1 N–H and O–H groups in total. The maximum atomic E-state index is 13.8. The molecule has 3 aromatic rings. The molecule has 1 saturated heterocycles. The molecule has 1 fully saturated rings. The molecule has 6 heteroatoms. The van der Waals surface area contributed by atoms with Gasteiger partial charge in [0, 0.05) is 30.4 Å². The number of aliphatic hydroxyl groups is 1. The highest BCUT2D eigenvalue weighted by Crippen LogP contribution is 2.27. The first-order valence-corrected chi connectivity index (χ1v) is 9.48. The number of benzene rings is 2. The van der Waals surface area contributed by atoms with Crippen LogP contribution >= 0.6 is 0 Å². The Labute approximate surface area is 164 Å². The van der Waals surface area contributed by atoms with Crippen LogP contribution in [0.4, 0.5) is 4.39 Å². The van der Waals surface area contributed by atoms with E-state index >= 15 is 0 Å². The quantitative estimate of drug-likeness (QED) is 0.738. The Kier molecular flexibility index (Phi) is 5.52. The van der Waals surface area contributed by atoms with Crippen molar-refractivity contribution in [3.05, 3.63) is 71.7 Å². The summed E-state index contributed by atoms with van der Waals surface area (Å²) in [5.41, 5.74) is 4.60. The third-order valence-corrected chi connectivity index (χ3v) is 5.09. The van der Waals surface area contributed by atoms with Crippen molar-refractivity contribution in [2.75, 3.05) is 26.4 Å². The fourth-order valence-electron chi connectivity index (χ4n) is 3.59. The van der Waals surface area contributed by atoms with Crippen LogP contribution < -0.4 is 0 Å². The summed E-state index contributed by atoms with van der Waals surface area (Å²) in [7, 11) is 0. The molecule has 0 saturated carbocycles. The summed E-state index contributed by atoms with van der Waals surface area (Å²) in [6.45, 7) is 4.59. The van der Waals surface area contributed by atoms with Crippen LogP contribution in [0.2, 0.25) is 0 Å². The molecule has 0 bridgehead atoms. The average molecular weight is 381 g/mol. The maximum Gasteiger partial charge on any atom is 0.123 e. The molecule has 2 heterocycles. The van der Waals surface area contributed by atoms with E-state index in [-0.39, 0.29) is 18.5 Å². The van der Waals surface area contributed by atoms with E-state index in [1.807, 2.05) is 42.1 Å². The van der Waals surface area contributed by atoms with Gasteiger partial charge in [0.25, 0.3) is 0 Å². The lowest BCUT2D eigenvalue weighted by atomic mass is 10.1. The van der Waals surface area contributed by atoms with E-state index in [4.69, 9.17) is 9.84 Å². The van der Waals surface area contributed by atoms with Gasteiger partial charge >= 0.3 is 0 Å². The first-order valence-electron chi connectivity index (χ1n) is 9.48. The average Bonchev–Trinajstić information content (AvgIpc) is 3.12. The number of rotatable bonds is 5. The topological polar surface area (TPSA) is 50.5 Å². The van der Waals surface area contributed by atoms with Crippen molar-refractivity contribution in [1.29, 1.82) is 0 Å². The van der Waals surface area contributed by atoms with E-state index in [1.165, 1.54) is 12.1 Å². The molecular weight excluding hydrogens is 357 g/mol. The number of morpholine rings is 1. The molecule has 0 unspecified atom stereocenters. The zero-order valence-corrected chi connectivity index (χ0v) is 15.9. The van der Waals surface area contributed by atoms with Crippen molar-refractivity contribution >= 4 is 0 Å². The van der Waals surface area contributed by atoms with Crippen LogP contribution in [0, 0.1) is 12.7 Å². The Morgan fingerprint density at radius 1 is 1.21 bits per heavy atom. The van der Waals surface area contributed by atoms with Gasteiger partial charge in [-0.3, -0.25) is 4.90 Å². The summed E-state index contributed by atoms with van der Waals surface area (Å²) in [6.07, 6.45) is 2.00. The second-order valence-electron chi connectivity index (χ2n) is 7.18. The molecule has 1 aliphatic heterocycles. The zero-order valence-electron chi connectivity index (χ0n) is 15.9. The lowest BCUT2D eigenvalue weighted by molar-refractivity contribution is -0.0312. The predicted molar refractivity (Wildman–Crippen MR) is 106 cm³/mol. The second kappa shape index (κ2) is 8.22. The maximum absolute atomic E-state index is 13.8.